The van der Waals surface area contributed by atoms with Crippen LogP contribution in [0.25, 0.3) is 0 Å². The Kier molecular flexibility index (Phi) is 7.20. The van der Waals surface area contributed by atoms with Crippen LogP contribution in [-0.4, -0.2) is 13.0 Å². The zero-order chi connectivity index (χ0) is 11.7. The Morgan fingerprint density at radius 3 is 1.87 bits per heavy atom. The first-order chi connectivity index (χ1) is 6.93. The molecule has 1 aromatic rings. The van der Waals surface area contributed by atoms with Gasteiger partial charge in [-0.1, -0.05) is 6.07 Å². The van der Waals surface area contributed by atoms with Crippen LogP contribution in [0.5, 0.6) is 0 Å². The number of thiol groups is 1. The van der Waals surface area contributed by atoms with Crippen molar-refractivity contribution in [2.24, 2.45) is 0 Å². The molecule has 0 aliphatic rings. The molecule has 1 aromatic heterocycles. The molecule has 0 saturated heterocycles. The van der Waals surface area contributed by atoms with Gasteiger partial charge in [0.15, 0.2) is 12.4 Å². The van der Waals surface area contributed by atoms with E-state index in [1.54, 1.807) is 0 Å². The van der Waals surface area contributed by atoms with Crippen LogP contribution in [0, 0.1) is 0 Å². The quantitative estimate of drug-likeness (QED) is 0.359. The van der Waals surface area contributed by atoms with E-state index < -0.39 is 7.25 Å². The molecule has 0 aromatic carbocycles. The number of halogens is 4. The second kappa shape index (κ2) is 7.56. The Bertz CT molecular complexity index is 249. The second-order valence-electron chi connectivity index (χ2n) is 2.69. The van der Waals surface area contributed by atoms with Gasteiger partial charge in [-0.05, 0) is 5.75 Å². The lowest BCUT2D eigenvalue weighted by atomic mass is 10.3. The van der Waals surface area contributed by atoms with E-state index in [1.807, 2.05) is 18.2 Å². The Balaban J connectivity index is 0.000000336. The highest BCUT2D eigenvalue weighted by molar-refractivity contribution is 7.80. The summed E-state index contributed by atoms with van der Waals surface area (Å²) in [6.07, 6.45) is 5.28. The molecule has 0 N–H and O–H groups in total. The molecule has 0 atom stereocenters. The zero-order valence-electron chi connectivity index (χ0n) is 7.99. The van der Waals surface area contributed by atoms with Gasteiger partial charge in [-0.15, -0.1) is 0 Å². The SMILES string of the molecule is F[B-](F)(F)F.SCCC[n+]1ccccc1. The van der Waals surface area contributed by atoms with Gasteiger partial charge in [-0.25, -0.2) is 4.57 Å². The Morgan fingerprint density at radius 1 is 1.00 bits per heavy atom. The minimum absolute atomic E-state index is 0.960. The summed E-state index contributed by atoms with van der Waals surface area (Å²) in [5.41, 5.74) is 0. The number of pyridine rings is 1. The highest BCUT2D eigenvalue weighted by Crippen LogP contribution is 2.06. The van der Waals surface area contributed by atoms with E-state index >= 15 is 0 Å². The van der Waals surface area contributed by atoms with Crippen LogP contribution in [0.15, 0.2) is 30.6 Å². The summed E-state index contributed by atoms with van der Waals surface area (Å²) in [7, 11) is -6.00. The van der Waals surface area contributed by atoms with Gasteiger partial charge in [0.05, 0.1) is 0 Å². The molecular weight excluding hydrogens is 229 g/mol. The molecule has 0 saturated carbocycles. The monoisotopic (exact) mass is 241 g/mol. The van der Waals surface area contributed by atoms with Crippen LogP contribution in [-0.2, 0) is 6.54 Å². The topological polar surface area (TPSA) is 3.88 Å². The molecule has 15 heavy (non-hydrogen) atoms. The van der Waals surface area contributed by atoms with Gasteiger partial charge >= 0.3 is 7.25 Å². The maximum atomic E-state index is 9.75. The minimum atomic E-state index is -6.00. The molecule has 0 spiro atoms. The predicted octanol–water partition coefficient (Wildman–Crippen LogP) is 2.59. The zero-order valence-corrected chi connectivity index (χ0v) is 8.89. The lowest BCUT2D eigenvalue weighted by Gasteiger charge is -1.94. The van der Waals surface area contributed by atoms with Crippen LogP contribution >= 0.6 is 12.6 Å². The normalized spacial score (nSPS) is 10.5. The minimum Gasteiger partial charge on any atom is -0.418 e. The van der Waals surface area contributed by atoms with Gasteiger partial charge in [0.2, 0.25) is 0 Å². The number of rotatable bonds is 3. The van der Waals surface area contributed by atoms with Gasteiger partial charge in [-0.2, -0.15) is 12.6 Å². The molecule has 0 unspecified atom stereocenters. The second-order valence-corrected chi connectivity index (χ2v) is 3.13. The van der Waals surface area contributed by atoms with Crippen molar-refractivity contribution in [3.05, 3.63) is 30.6 Å². The number of nitrogens with zero attached hydrogens (tertiary/aromatic N) is 1. The van der Waals surface area contributed by atoms with E-state index in [9.17, 15) is 17.3 Å². The highest BCUT2D eigenvalue weighted by atomic mass is 32.1. The first-order valence-corrected chi connectivity index (χ1v) is 4.99. The van der Waals surface area contributed by atoms with Crippen LogP contribution < -0.4 is 4.57 Å². The van der Waals surface area contributed by atoms with Gasteiger partial charge < -0.3 is 17.3 Å². The molecule has 0 fully saturated rings. The lowest BCUT2D eigenvalue weighted by Crippen LogP contribution is -2.32. The fourth-order valence-corrected chi connectivity index (χ4v) is 0.978. The van der Waals surface area contributed by atoms with Gasteiger partial charge in [-0.3, -0.25) is 0 Å². The Morgan fingerprint density at radius 2 is 1.47 bits per heavy atom. The molecule has 0 aliphatic carbocycles. The van der Waals surface area contributed by atoms with Crippen molar-refractivity contribution < 1.29 is 21.8 Å². The summed E-state index contributed by atoms with van der Waals surface area (Å²) in [5.74, 6) is 0.960. The van der Waals surface area contributed by atoms with Crippen molar-refractivity contribution in [1.82, 2.24) is 0 Å². The fraction of sp³-hybridized carbons (Fsp3) is 0.375. The smallest absolute Gasteiger partial charge is 0.418 e. The Hall–Kier alpha value is -0.715. The third-order valence-corrected chi connectivity index (χ3v) is 1.67. The molecule has 1 nitrogen and oxygen atoms in total. The number of aromatic nitrogens is 1. The van der Waals surface area contributed by atoms with Gasteiger partial charge in [0.1, 0.15) is 6.54 Å². The summed E-state index contributed by atoms with van der Waals surface area (Å²) in [6.45, 7) is 1.07. The van der Waals surface area contributed by atoms with E-state index in [4.69, 9.17) is 0 Å². The summed E-state index contributed by atoms with van der Waals surface area (Å²) in [6, 6.07) is 6.11. The summed E-state index contributed by atoms with van der Waals surface area (Å²) >= 11 is 4.14. The molecule has 1 heterocycles. The molecule has 86 valence electrons. The number of hydrogen-bond donors (Lipinski definition) is 1. The van der Waals surface area contributed by atoms with Crippen LogP contribution in [0.1, 0.15) is 6.42 Å². The van der Waals surface area contributed by atoms with Crippen molar-refractivity contribution in [3.63, 3.8) is 0 Å². The summed E-state index contributed by atoms with van der Waals surface area (Å²) in [4.78, 5) is 0. The standard InChI is InChI=1S/C8H11NS.BF4/c10-8-4-7-9-5-2-1-3-6-9;2-1(3,4)5/h1-3,5-6H,4,7-8H2;/q;-1/p+1. The third-order valence-electron chi connectivity index (χ3n) is 1.35. The largest absolute Gasteiger partial charge is 0.673 e. The summed E-state index contributed by atoms with van der Waals surface area (Å²) in [5, 5.41) is 0. The van der Waals surface area contributed by atoms with E-state index in [2.05, 4.69) is 29.6 Å². The molecule has 7 heteroatoms. The average molecular weight is 241 g/mol. The van der Waals surface area contributed by atoms with Crippen molar-refractivity contribution in [2.45, 2.75) is 13.0 Å². The molecule has 1 rings (SSSR count). The fourth-order valence-electron chi connectivity index (χ4n) is 0.837. The van der Waals surface area contributed by atoms with Crippen LogP contribution in [0.4, 0.5) is 17.3 Å². The van der Waals surface area contributed by atoms with E-state index in [-0.39, 0.29) is 0 Å². The lowest BCUT2D eigenvalue weighted by molar-refractivity contribution is -0.696. The van der Waals surface area contributed by atoms with Crippen molar-refractivity contribution >= 4 is 19.9 Å². The Labute approximate surface area is 91.6 Å². The van der Waals surface area contributed by atoms with Crippen molar-refractivity contribution in [3.8, 4) is 0 Å². The van der Waals surface area contributed by atoms with E-state index in [1.165, 1.54) is 0 Å². The van der Waals surface area contributed by atoms with Gasteiger partial charge in [0, 0.05) is 18.6 Å². The van der Waals surface area contributed by atoms with E-state index in [0.29, 0.717) is 0 Å². The van der Waals surface area contributed by atoms with Crippen molar-refractivity contribution in [1.29, 1.82) is 0 Å². The maximum Gasteiger partial charge on any atom is 0.673 e. The van der Waals surface area contributed by atoms with E-state index in [0.717, 1.165) is 18.7 Å². The average Bonchev–Trinajstić information content (AvgIpc) is 2.14. The number of hydrogen-bond acceptors (Lipinski definition) is 1. The molecule has 0 aliphatic heterocycles. The molecular formula is C8H12BF4NS. The van der Waals surface area contributed by atoms with Crippen LogP contribution in [0.2, 0.25) is 0 Å². The molecule has 0 radical (unpaired) electrons. The molecule has 0 bridgehead atoms. The third kappa shape index (κ3) is 13.3. The van der Waals surface area contributed by atoms with Gasteiger partial charge in [0.25, 0.3) is 0 Å². The first kappa shape index (κ1) is 14.3. The molecule has 0 amide bonds. The number of aryl methyl sites for hydroxylation is 1. The first-order valence-electron chi connectivity index (χ1n) is 4.36. The van der Waals surface area contributed by atoms with Crippen molar-refractivity contribution in [2.75, 3.05) is 5.75 Å². The predicted molar refractivity (Wildman–Crippen MR) is 55.3 cm³/mol. The van der Waals surface area contributed by atoms with Crippen LogP contribution in [0.3, 0.4) is 0 Å². The maximum absolute atomic E-state index is 9.75. The summed E-state index contributed by atoms with van der Waals surface area (Å²) < 4.78 is 41.2. The highest BCUT2D eigenvalue weighted by Gasteiger charge is 2.20.